The Bertz CT molecular complexity index is 1160. The monoisotopic (exact) mass is 410 g/mol. The summed E-state index contributed by atoms with van der Waals surface area (Å²) in [5.74, 6) is -1.36. The van der Waals surface area contributed by atoms with Crippen molar-refractivity contribution in [1.82, 2.24) is 5.32 Å². The third-order valence-electron chi connectivity index (χ3n) is 4.95. The van der Waals surface area contributed by atoms with Gasteiger partial charge in [-0.2, -0.15) is 0 Å². The molecule has 3 aromatic rings. The van der Waals surface area contributed by atoms with E-state index >= 15 is 0 Å². The summed E-state index contributed by atoms with van der Waals surface area (Å²) in [4.78, 5) is 12.1. The van der Waals surface area contributed by atoms with Crippen LogP contribution in [0.4, 0.5) is 10.1 Å². The number of halogens is 1. The minimum Gasteiger partial charge on any atom is -0.345 e. The number of anilines is 1. The molecule has 0 aliphatic heterocycles. The van der Waals surface area contributed by atoms with Crippen LogP contribution in [0.25, 0.3) is 0 Å². The van der Waals surface area contributed by atoms with E-state index in [1.54, 1.807) is 30.3 Å². The Kier molecular flexibility index (Phi) is 5.07. The average molecular weight is 410 g/mol. The number of hydrogen-bond donors (Lipinski definition) is 2. The standard InChI is InChI=1S/C22H19FN2O3S/c23-19-12-10-16(14-21(19)29(27,28)25-17-7-2-1-3-8-17)22(26)24-20-13-11-15-6-4-5-9-18(15)20/h1-10,12,14,20,25H,11,13H2,(H,24,26). The molecule has 0 spiro atoms. The molecule has 1 aliphatic carbocycles. The van der Waals surface area contributed by atoms with Gasteiger partial charge < -0.3 is 5.32 Å². The van der Waals surface area contributed by atoms with Crippen LogP contribution in [0.5, 0.6) is 0 Å². The number of carbonyl (C=O) groups excluding carboxylic acids is 1. The minimum absolute atomic E-state index is 0.0872. The van der Waals surface area contributed by atoms with Crippen LogP contribution >= 0.6 is 0 Å². The molecule has 1 unspecified atom stereocenters. The molecule has 5 nitrogen and oxygen atoms in total. The number of hydrogen-bond acceptors (Lipinski definition) is 3. The van der Waals surface area contributed by atoms with Crippen LogP contribution in [-0.4, -0.2) is 14.3 Å². The fourth-order valence-corrected chi connectivity index (χ4v) is 4.68. The lowest BCUT2D eigenvalue weighted by Gasteiger charge is -2.15. The summed E-state index contributed by atoms with van der Waals surface area (Å²) in [5.41, 5.74) is 2.64. The maximum atomic E-state index is 14.3. The molecule has 0 bridgehead atoms. The van der Waals surface area contributed by atoms with Gasteiger partial charge in [0, 0.05) is 11.3 Å². The lowest BCUT2D eigenvalue weighted by molar-refractivity contribution is 0.0936. The van der Waals surface area contributed by atoms with Gasteiger partial charge in [-0.05, 0) is 54.3 Å². The van der Waals surface area contributed by atoms with Gasteiger partial charge in [-0.25, -0.2) is 12.8 Å². The molecule has 148 valence electrons. The molecule has 0 saturated heterocycles. The molecule has 4 rings (SSSR count). The summed E-state index contributed by atoms with van der Waals surface area (Å²) >= 11 is 0. The summed E-state index contributed by atoms with van der Waals surface area (Å²) in [6, 6.07) is 19.3. The van der Waals surface area contributed by atoms with Crippen molar-refractivity contribution in [2.24, 2.45) is 0 Å². The first-order valence-electron chi connectivity index (χ1n) is 9.20. The number of amides is 1. The predicted octanol–water partition coefficient (Wildman–Crippen LogP) is 4.04. The van der Waals surface area contributed by atoms with Gasteiger partial charge in [0.25, 0.3) is 15.9 Å². The van der Waals surface area contributed by atoms with Crippen molar-refractivity contribution in [3.8, 4) is 0 Å². The Hall–Kier alpha value is -3.19. The zero-order valence-electron chi connectivity index (χ0n) is 15.4. The molecule has 29 heavy (non-hydrogen) atoms. The molecule has 3 aromatic carbocycles. The van der Waals surface area contributed by atoms with E-state index in [2.05, 4.69) is 10.0 Å². The molecule has 7 heteroatoms. The number of nitrogens with one attached hydrogen (secondary N) is 2. The van der Waals surface area contributed by atoms with Gasteiger partial charge in [0.1, 0.15) is 10.7 Å². The summed E-state index contributed by atoms with van der Waals surface area (Å²) in [6.07, 6.45) is 1.64. The molecule has 0 fully saturated rings. The first-order valence-corrected chi connectivity index (χ1v) is 10.7. The molecule has 0 aromatic heterocycles. The normalized spacial score (nSPS) is 15.6. The Balaban J connectivity index is 1.57. The van der Waals surface area contributed by atoms with Crippen LogP contribution in [-0.2, 0) is 16.4 Å². The van der Waals surface area contributed by atoms with Gasteiger partial charge in [-0.15, -0.1) is 0 Å². The highest BCUT2D eigenvalue weighted by molar-refractivity contribution is 7.92. The molecule has 1 amide bonds. The van der Waals surface area contributed by atoms with Crippen molar-refractivity contribution in [2.45, 2.75) is 23.8 Å². The first-order chi connectivity index (χ1) is 13.9. The van der Waals surface area contributed by atoms with Crippen LogP contribution in [0.3, 0.4) is 0 Å². The second-order valence-electron chi connectivity index (χ2n) is 6.88. The number of benzene rings is 3. The number of para-hydroxylation sites is 1. The van der Waals surface area contributed by atoms with E-state index in [0.29, 0.717) is 5.69 Å². The quantitative estimate of drug-likeness (QED) is 0.667. The topological polar surface area (TPSA) is 75.3 Å². The first kappa shape index (κ1) is 19.1. The Morgan fingerprint density at radius 1 is 0.966 bits per heavy atom. The highest BCUT2D eigenvalue weighted by Gasteiger charge is 2.25. The largest absolute Gasteiger partial charge is 0.345 e. The van der Waals surface area contributed by atoms with Gasteiger partial charge in [0.05, 0.1) is 6.04 Å². The Morgan fingerprint density at radius 3 is 2.48 bits per heavy atom. The third kappa shape index (κ3) is 4.00. The Labute approximate surface area is 168 Å². The highest BCUT2D eigenvalue weighted by Crippen LogP contribution is 2.31. The van der Waals surface area contributed by atoms with Crippen LogP contribution in [0.2, 0.25) is 0 Å². The van der Waals surface area contributed by atoms with Crippen LogP contribution in [0.1, 0.15) is 33.9 Å². The molecular formula is C22H19FN2O3S. The summed E-state index contributed by atoms with van der Waals surface area (Å²) in [6.45, 7) is 0. The minimum atomic E-state index is -4.18. The van der Waals surface area contributed by atoms with Crippen molar-refractivity contribution >= 4 is 21.6 Å². The van der Waals surface area contributed by atoms with E-state index in [4.69, 9.17) is 0 Å². The smallest absolute Gasteiger partial charge is 0.264 e. The number of aryl methyl sites for hydroxylation is 1. The predicted molar refractivity (Wildman–Crippen MR) is 109 cm³/mol. The number of fused-ring (bicyclic) bond motifs is 1. The van der Waals surface area contributed by atoms with Crippen LogP contribution < -0.4 is 10.0 Å². The molecule has 1 aliphatic rings. The lowest BCUT2D eigenvalue weighted by atomic mass is 10.1. The van der Waals surface area contributed by atoms with Gasteiger partial charge in [-0.1, -0.05) is 42.5 Å². The summed E-state index contributed by atoms with van der Waals surface area (Å²) < 4.78 is 41.9. The van der Waals surface area contributed by atoms with Crippen LogP contribution in [0, 0.1) is 5.82 Å². The van der Waals surface area contributed by atoms with E-state index < -0.39 is 26.6 Å². The molecule has 1 atom stereocenters. The van der Waals surface area contributed by atoms with E-state index in [9.17, 15) is 17.6 Å². The number of rotatable bonds is 5. The van der Waals surface area contributed by atoms with Crippen molar-refractivity contribution in [1.29, 1.82) is 0 Å². The number of sulfonamides is 1. The maximum Gasteiger partial charge on any atom is 0.264 e. The molecular weight excluding hydrogens is 391 g/mol. The molecule has 0 heterocycles. The van der Waals surface area contributed by atoms with Crippen LogP contribution in [0.15, 0.2) is 77.7 Å². The Morgan fingerprint density at radius 2 is 1.69 bits per heavy atom. The van der Waals surface area contributed by atoms with Crippen molar-refractivity contribution in [3.63, 3.8) is 0 Å². The lowest BCUT2D eigenvalue weighted by Crippen LogP contribution is -2.27. The molecule has 0 radical (unpaired) electrons. The van der Waals surface area contributed by atoms with E-state index in [0.717, 1.165) is 30.5 Å². The SMILES string of the molecule is O=C(NC1CCc2ccccc21)c1ccc(F)c(S(=O)(=O)Nc2ccccc2)c1. The fourth-order valence-electron chi connectivity index (χ4n) is 3.52. The molecule has 0 saturated carbocycles. The van der Waals surface area contributed by atoms with Crippen molar-refractivity contribution < 1.29 is 17.6 Å². The summed E-state index contributed by atoms with van der Waals surface area (Å²) in [7, 11) is -4.18. The van der Waals surface area contributed by atoms with E-state index in [-0.39, 0.29) is 11.6 Å². The van der Waals surface area contributed by atoms with Crippen molar-refractivity contribution in [2.75, 3.05) is 4.72 Å². The fraction of sp³-hybridized carbons (Fsp3) is 0.136. The zero-order chi connectivity index (χ0) is 20.4. The second-order valence-corrected chi connectivity index (χ2v) is 8.53. The number of carbonyl (C=O) groups is 1. The second kappa shape index (κ2) is 7.67. The molecule has 2 N–H and O–H groups in total. The third-order valence-corrected chi connectivity index (χ3v) is 6.34. The average Bonchev–Trinajstić information content (AvgIpc) is 3.11. The van der Waals surface area contributed by atoms with E-state index in [1.165, 1.54) is 11.6 Å². The van der Waals surface area contributed by atoms with Crippen molar-refractivity contribution in [3.05, 3.63) is 95.3 Å². The zero-order valence-corrected chi connectivity index (χ0v) is 16.2. The maximum absolute atomic E-state index is 14.3. The van der Waals surface area contributed by atoms with Gasteiger partial charge in [0.2, 0.25) is 0 Å². The van der Waals surface area contributed by atoms with Gasteiger partial charge >= 0.3 is 0 Å². The highest BCUT2D eigenvalue weighted by atomic mass is 32.2. The van der Waals surface area contributed by atoms with Gasteiger partial charge in [0.15, 0.2) is 0 Å². The summed E-state index contributed by atoms with van der Waals surface area (Å²) in [5, 5.41) is 2.92. The van der Waals surface area contributed by atoms with Gasteiger partial charge in [-0.3, -0.25) is 9.52 Å². The van der Waals surface area contributed by atoms with E-state index in [1.807, 2.05) is 24.3 Å².